The topological polar surface area (TPSA) is 71.4 Å². The fourth-order valence-electron chi connectivity index (χ4n) is 2.87. The van der Waals surface area contributed by atoms with Crippen molar-refractivity contribution in [1.82, 2.24) is 0 Å². The summed E-state index contributed by atoms with van der Waals surface area (Å²) < 4.78 is 24.2. The number of aliphatic carboxylic acids is 1. The van der Waals surface area contributed by atoms with Crippen LogP contribution in [0.5, 0.6) is 0 Å². The summed E-state index contributed by atoms with van der Waals surface area (Å²) in [6.07, 6.45) is 2.23. The van der Waals surface area contributed by atoms with Gasteiger partial charge in [-0.2, -0.15) is 0 Å². The van der Waals surface area contributed by atoms with Crippen molar-refractivity contribution < 1.29 is 18.3 Å². The molecule has 4 nitrogen and oxygen atoms in total. The lowest BCUT2D eigenvalue weighted by molar-refractivity contribution is -0.144. The maximum Gasteiger partial charge on any atom is 0.325 e. The number of carbonyl (C=O) groups is 1. The molecule has 0 unspecified atom stereocenters. The van der Waals surface area contributed by atoms with Crippen molar-refractivity contribution in [1.29, 1.82) is 0 Å². The zero-order chi connectivity index (χ0) is 15.0. The quantitative estimate of drug-likeness (QED) is 0.874. The molecule has 1 aromatic carbocycles. The van der Waals surface area contributed by atoms with Gasteiger partial charge in [0.15, 0.2) is 14.6 Å². The average molecular weight is 361 g/mol. The molecule has 1 N–H and O–H groups in total. The van der Waals surface area contributed by atoms with E-state index in [2.05, 4.69) is 15.9 Å². The van der Waals surface area contributed by atoms with E-state index in [0.717, 1.165) is 12.8 Å². The molecule has 0 aromatic heterocycles. The molecule has 0 radical (unpaired) electrons. The van der Waals surface area contributed by atoms with Crippen molar-refractivity contribution >= 4 is 31.7 Å². The van der Waals surface area contributed by atoms with Crippen LogP contribution in [-0.2, 0) is 14.6 Å². The van der Waals surface area contributed by atoms with Gasteiger partial charge >= 0.3 is 5.97 Å². The fourth-order valence-corrected chi connectivity index (χ4v) is 5.93. The first-order valence-corrected chi connectivity index (χ1v) is 8.85. The van der Waals surface area contributed by atoms with E-state index >= 15 is 0 Å². The van der Waals surface area contributed by atoms with Crippen LogP contribution in [0.1, 0.15) is 32.6 Å². The van der Waals surface area contributed by atoms with E-state index in [-0.39, 0.29) is 23.7 Å². The second-order valence-corrected chi connectivity index (χ2v) is 8.38. The van der Waals surface area contributed by atoms with E-state index in [1.807, 2.05) is 6.92 Å². The summed E-state index contributed by atoms with van der Waals surface area (Å²) in [5, 5.41) is 9.46. The summed E-state index contributed by atoms with van der Waals surface area (Å²) in [4.78, 5) is 11.7. The van der Waals surface area contributed by atoms with Crippen LogP contribution in [0.4, 0.5) is 0 Å². The Balaban J connectivity index is 2.42. The number of hydrogen-bond acceptors (Lipinski definition) is 3. The standard InChI is InChI=1S/C14H17BrO4S/c1-2-5-10-8-14(9-10,13(16)17)20(18,19)12-7-4-3-6-11(12)15/h3-4,6-7,10H,2,5,8-9H2,1H3,(H,16,17). The number of hydrogen-bond donors (Lipinski definition) is 1. The molecule has 0 heterocycles. The average Bonchev–Trinajstić information content (AvgIpc) is 2.32. The molecule has 0 atom stereocenters. The molecule has 0 spiro atoms. The van der Waals surface area contributed by atoms with Crippen LogP contribution >= 0.6 is 15.9 Å². The van der Waals surface area contributed by atoms with Crippen LogP contribution in [0.15, 0.2) is 33.6 Å². The van der Waals surface area contributed by atoms with Gasteiger partial charge in [0.2, 0.25) is 0 Å². The van der Waals surface area contributed by atoms with Crippen molar-refractivity contribution in [3.05, 3.63) is 28.7 Å². The van der Waals surface area contributed by atoms with Crippen molar-refractivity contribution in [2.45, 2.75) is 42.2 Å². The van der Waals surface area contributed by atoms with Crippen molar-refractivity contribution in [2.75, 3.05) is 0 Å². The van der Waals surface area contributed by atoms with E-state index < -0.39 is 20.6 Å². The van der Waals surface area contributed by atoms with E-state index in [1.54, 1.807) is 18.2 Å². The van der Waals surface area contributed by atoms with Gasteiger partial charge in [0.1, 0.15) is 0 Å². The van der Waals surface area contributed by atoms with E-state index in [1.165, 1.54) is 6.07 Å². The van der Waals surface area contributed by atoms with Crippen molar-refractivity contribution in [3.8, 4) is 0 Å². The van der Waals surface area contributed by atoms with Crippen molar-refractivity contribution in [3.63, 3.8) is 0 Å². The Morgan fingerprint density at radius 1 is 1.40 bits per heavy atom. The third kappa shape index (κ3) is 2.29. The molecule has 0 bridgehead atoms. The predicted octanol–water partition coefficient (Wildman–Crippen LogP) is 3.26. The molecule has 0 amide bonds. The van der Waals surface area contributed by atoms with Gasteiger partial charge in [-0.1, -0.05) is 31.9 Å². The highest BCUT2D eigenvalue weighted by molar-refractivity contribution is 9.10. The van der Waals surface area contributed by atoms with Gasteiger partial charge in [-0.25, -0.2) is 8.42 Å². The number of carboxylic acid groups (broad SMARTS) is 1. The van der Waals surface area contributed by atoms with E-state index in [4.69, 9.17) is 0 Å². The Morgan fingerprint density at radius 3 is 2.50 bits per heavy atom. The maximum atomic E-state index is 12.7. The highest BCUT2D eigenvalue weighted by atomic mass is 79.9. The lowest BCUT2D eigenvalue weighted by Crippen LogP contribution is -2.56. The second kappa shape index (κ2) is 5.48. The molecule has 1 aliphatic rings. The van der Waals surface area contributed by atoms with Crippen molar-refractivity contribution in [2.24, 2.45) is 5.92 Å². The lowest BCUT2D eigenvalue weighted by Gasteiger charge is -2.43. The SMILES string of the molecule is CCCC1CC(C(=O)O)(S(=O)(=O)c2ccccc2Br)C1. The van der Waals surface area contributed by atoms with Crippen LogP contribution in [-0.4, -0.2) is 24.2 Å². The monoisotopic (exact) mass is 360 g/mol. The van der Waals surface area contributed by atoms with Crippen LogP contribution in [0.25, 0.3) is 0 Å². The highest BCUT2D eigenvalue weighted by Gasteiger charge is 2.60. The van der Waals surface area contributed by atoms with Gasteiger partial charge in [-0.15, -0.1) is 0 Å². The third-order valence-corrected chi connectivity index (χ3v) is 7.39. The molecule has 20 heavy (non-hydrogen) atoms. The van der Waals surface area contributed by atoms with Crippen LogP contribution < -0.4 is 0 Å². The Hall–Kier alpha value is -0.880. The van der Waals surface area contributed by atoms with Gasteiger partial charge < -0.3 is 5.11 Å². The first-order chi connectivity index (χ1) is 9.35. The molecule has 110 valence electrons. The molecule has 0 saturated heterocycles. The molecule has 1 aromatic rings. The molecule has 1 aliphatic carbocycles. The maximum absolute atomic E-state index is 12.7. The lowest BCUT2D eigenvalue weighted by atomic mass is 9.72. The molecule has 1 saturated carbocycles. The van der Waals surface area contributed by atoms with Crippen LogP contribution in [0.2, 0.25) is 0 Å². The van der Waals surface area contributed by atoms with Gasteiger partial charge in [0, 0.05) is 4.47 Å². The Labute approximate surface area is 127 Å². The summed E-state index contributed by atoms with van der Waals surface area (Å²) in [6.45, 7) is 2.02. The Morgan fingerprint density at radius 2 is 2.00 bits per heavy atom. The number of benzene rings is 1. The molecule has 2 rings (SSSR count). The number of sulfone groups is 1. The Bertz CT molecular complexity index is 618. The summed E-state index contributed by atoms with van der Waals surface area (Å²) in [5.41, 5.74) is 0. The minimum absolute atomic E-state index is 0.0670. The van der Waals surface area contributed by atoms with E-state index in [9.17, 15) is 18.3 Å². The normalized spacial score (nSPS) is 26.0. The minimum atomic E-state index is -3.89. The number of carboxylic acids is 1. The van der Waals surface area contributed by atoms with Gasteiger partial charge in [0.05, 0.1) is 4.90 Å². The first-order valence-electron chi connectivity index (χ1n) is 6.57. The second-order valence-electron chi connectivity index (χ2n) is 5.30. The summed E-state index contributed by atoms with van der Waals surface area (Å²) in [7, 11) is -3.89. The molecular formula is C14H17BrO4S. The number of rotatable bonds is 5. The van der Waals surface area contributed by atoms with Crippen LogP contribution in [0.3, 0.4) is 0 Å². The molecule has 6 heteroatoms. The van der Waals surface area contributed by atoms with Gasteiger partial charge in [-0.3, -0.25) is 4.79 Å². The molecular weight excluding hydrogens is 344 g/mol. The van der Waals surface area contributed by atoms with Crippen LogP contribution in [0, 0.1) is 5.92 Å². The van der Waals surface area contributed by atoms with E-state index in [0.29, 0.717) is 4.47 Å². The number of halogens is 1. The fraction of sp³-hybridized carbons (Fsp3) is 0.500. The minimum Gasteiger partial charge on any atom is -0.480 e. The largest absolute Gasteiger partial charge is 0.480 e. The van der Waals surface area contributed by atoms with Gasteiger partial charge in [0.25, 0.3) is 0 Å². The summed E-state index contributed by atoms with van der Waals surface area (Å²) in [6, 6.07) is 6.38. The zero-order valence-corrected chi connectivity index (χ0v) is 13.6. The first kappa shape index (κ1) is 15.5. The predicted molar refractivity (Wildman–Crippen MR) is 79.3 cm³/mol. The Kier molecular flexibility index (Phi) is 4.25. The third-order valence-electron chi connectivity index (χ3n) is 3.96. The zero-order valence-electron chi connectivity index (χ0n) is 11.2. The highest BCUT2D eigenvalue weighted by Crippen LogP contribution is 2.49. The van der Waals surface area contributed by atoms with Gasteiger partial charge in [-0.05, 0) is 46.8 Å². The molecule has 0 aliphatic heterocycles. The summed E-state index contributed by atoms with van der Waals surface area (Å²) >= 11 is 3.20. The summed E-state index contributed by atoms with van der Waals surface area (Å²) in [5.74, 6) is -1.05. The smallest absolute Gasteiger partial charge is 0.325 e. The molecule has 1 fully saturated rings.